The highest BCUT2D eigenvalue weighted by molar-refractivity contribution is 5.79. The fourth-order valence-corrected chi connectivity index (χ4v) is 4.23. The summed E-state index contributed by atoms with van der Waals surface area (Å²) < 4.78 is 6.83. The molecule has 0 atom stereocenters. The Kier molecular flexibility index (Phi) is 6.01. The zero-order valence-electron chi connectivity index (χ0n) is 18.2. The van der Waals surface area contributed by atoms with Gasteiger partial charge in [0.2, 0.25) is 5.91 Å². The van der Waals surface area contributed by atoms with Crippen molar-refractivity contribution < 1.29 is 9.32 Å². The Hall–Kier alpha value is -3.23. The van der Waals surface area contributed by atoms with Crippen LogP contribution in [0.4, 0.5) is 5.82 Å². The number of rotatable bonds is 6. The number of nitrogens with zero attached hydrogens (tertiary/aromatic N) is 5. The fraction of sp³-hybridized carbons (Fsp3) is 0.500. The van der Waals surface area contributed by atoms with E-state index in [1.54, 1.807) is 10.8 Å². The van der Waals surface area contributed by atoms with E-state index in [2.05, 4.69) is 20.4 Å². The summed E-state index contributed by atoms with van der Waals surface area (Å²) in [6.45, 7) is 8.06. The molecule has 0 bridgehead atoms. The minimum atomic E-state index is -0.129. The smallest absolute Gasteiger partial charge is 0.295 e. The number of piperidine rings is 1. The van der Waals surface area contributed by atoms with Gasteiger partial charge >= 0.3 is 0 Å². The third-order valence-corrected chi connectivity index (χ3v) is 6.02. The van der Waals surface area contributed by atoms with Crippen LogP contribution in [0.2, 0.25) is 0 Å². The van der Waals surface area contributed by atoms with Gasteiger partial charge in [-0.05, 0) is 52.2 Å². The largest absolute Gasteiger partial charge is 0.361 e. The Balaban J connectivity index is 1.38. The van der Waals surface area contributed by atoms with Crippen LogP contribution in [-0.4, -0.2) is 45.2 Å². The van der Waals surface area contributed by atoms with Gasteiger partial charge in [-0.25, -0.2) is 9.97 Å². The Morgan fingerprint density at radius 1 is 1.29 bits per heavy atom. The van der Waals surface area contributed by atoms with E-state index in [0.717, 1.165) is 17.0 Å². The predicted molar refractivity (Wildman–Crippen MR) is 117 cm³/mol. The van der Waals surface area contributed by atoms with Gasteiger partial charge < -0.3 is 14.7 Å². The minimum absolute atomic E-state index is 0.0588. The summed E-state index contributed by atoms with van der Waals surface area (Å²) in [5.74, 6) is 1.25. The van der Waals surface area contributed by atoms with Crippen LogP contribution in [0, 0.1) is 19.8 Å². The van der Waals surface area contributed by atoms with Crippen LogP contribution in [0.25, 0.3) is 11.2 Å². The molecule has 31 heavy (non-hydrogen) atoms. The number of fused-ring (bicyclic) bond motifs is 1. The van der Waals surface area contributed by atoms with Crippen LogP contribution < -0.4 is 15.8 Å². The molecule has 0 unspecified atom stereocenters. The van der Waals surface area contributed by atoms with Gasteiger partial charge in [-0.2, -0.15) is 0 Å². The molecule has 3 aromatic rings. The maximum atomic E-state index is 13.0. The molecule has 9 heteroatoms. The molecule has 1 fully saturated rings. The molecule has 4 rings (SSSR count). The van der Waals surface area contributed by atoms with Crippen molar-refractivity contribution in [2.45, 2.75) is 46.6 Å². The normalized spacial score (nSPS) is 14.9. The molecule has 4 heterocycles. The third kappa shape index (κ3) is 4.17. The van der Waals surface area contributed by atoms with E-state index < -0.39 is 0 Å². The summed E-state index contributed by atoms with van der Waals surface area (Å²) in [5.41, 5.74) is 3.11. The Morgan fingerprint density at radius 2 is 2.06 bits per heavy atom. The average molecular weight is 425 g/mol. The van der Waals surface area contributed by atoms with E-state index in [4.69, 9.17) is 4.52 Å². The summed E-state index contributed by atoms with van der Waals surface area (Å²) in [6.07, 6.45) is 3.76. The quantitative estimate of drug-likeness (QED) is 0.645. The minimum Gasteiger partial charge on any atom is -0.361 e. The van der Waals surface area contributed by atoms with E-state index in [1.807, 2.05) is 37.8 Å². The van der Waals surface area contributed by atoms with Gasteiger partial charge in [0.15, 0.2) is 11.5 Å². The first-order chi connectivity index (χ1) is 15.0. The van der Waals surface area contributed by atoms with Gasteiger partial charge in [0.25, 0.3) is 5.56 Å². The zero-order valence-corrected chi connectivity index (χ0v) is 18.2. The Morgan fingerprint density at radius 3 is 2.74 bits per heavy atom. The standard InChI is InChI=1S/C22H28N6O3/c1-4-28-19-18(6-5-10-23-19)25-20(22(28)30)27-12-8-16(9-13-27)21(29)24-11-7-17-14(2)26-31-15(17)3/h5-6,10,16H,4,7-9,11-13H2,1-3H3,(H,24,29). The summed E-state index contributed by atoms with van der Waals surface area (Å²) >= 11 is 0. The van der Waals surface area contributed by atoms with Crippen LogP contribution >= 0.6 is 0 Å². The summed E-state index contributed by atoms with van der Waals surface area (Å²) in [4.78, 5) is 36.5. The van der Waals surface area contributed by atoms with Crippen molar-refractivity contribution in [2.75, 3.05) is 24.5 Å². The summed E-state index contributed by atoms with van der Waals surface area (Å²) in [7, 11) is 0. The molecule has 1 N–H and O–H groups in total. The zero-order chi connectivity index (χ0) is 22.0. The van der Waals surface area contributed by atoms with E-state index in [0.29, 0.717) is 62.4 Å². The van der Waals surface area contributed by atoms with Crippen molar-refractivity contribution >= 4 is 22.9 Å². The molecule has 1 aliphatic heterocycles. The number of anilines is 1. The number of nitrogens with one attached hydrogen (secondary N) is 1. The number of carbonyl (C=O) groups excluding carboxylic acids is 1. The van der Waals surface area contributed by atoms with Crippen molar-refractivity contribution in [3.8, 4) is 0 Å². The van der Waals surface area contributed by atoms with Crippen molar-refractivity contribution in [3.63, 3.8) is 0 Å². The molecular formula is C22H28N6O3. The summed E-state index contributed by atoms with van der Waals surface area (Å²) in [5, 5.41) is 6.99. The van der Waals surface area contributed by atoms with Crippen molar-refractivity contribution in [1.29, 1.82) is 0 Å². The molecule has 0 spiro atoms. The number of carbonyl (C=O) groups is 1. The highest BCUT2D eigenvalue weighted by Crippen LogP contribution is 2.22. The first-order valence-corrected chi connectivity index (χ1v) is 10.8. The summed E-state index contributed by atoms with van der Waals surface area (Å²) in [6, 6.07) is 3.69. The molecular weight excluding hydrogens is 396 g/mol. The van der Waals surface area contributed by atoms with Crippen molar-refractivity contribution in [3.05, 3.63) is 45.7 Å². The lowest BCUT2D eigenvalue weighted by molar-refractivity contribution is -0.125. The third-order valence-electron chi connectivity index (χ3n) is 6.02. The van der Waals surface area contributed by atoms with Crippen molar-refractivity contribution in [1.82, 2.24) is 25.0 Å². The van der Waals surface area contributed by atoms with Crippen molar-refractivity contribution in [2.24, 2.45) is 5.92 Å². The molecule has 9 nitrogen and oxygen atoms in total. The molecule has 1 aliphatic rings. The van der Waals surface area contributed by atoms with E-state index >= 15 is 0 Å². The molecule has 3 aromatic heterocycles. The molecule has 0 radical (unpaired) electrons. The first-order valence-electron chi connectivity index (χ1n) is 10.8. The second kappa shape index (κ2) is 8.87. The van der Waals surface area contributed by atoms with Gasteiger partial charge in [-0.1, -0.05) is 5.16 Å². The number of hydrogen-bond acceptors (Lipinski definition) is 7. The molecule has 1 amide bonds. The molecule has 164 valence electrons. The number of hydrogen-bond donors (Lipinski definition) is 1. The predicted octanol–water partition coefficient (Wildman–Crippen LogP) is 1.99. The SMILES string of the molecule is CCn1c(=O)c(N2CCC(C(=O)NCCc3c(C)noc3C)CC2)nc2cccnc21. The molecule has 0 aliphatic carbocycles. The van der Waals surface area contributed by atoms with Crippen LogP contribution in [0.1, 0.15) is 36.8 Å². The van der Waals surface area contributed by atoms with Gasteiger partial charge in [0.05, 0.1) is 5.69 Å². The number of amides is 1. The second-order valence-corrected chi connectivity index (χ2v) is 7.94. The van der Waals surface area contributed by atoms with E-state index in [1.165, 1.54) is 0 Å². The van der Waals surface area contributed by atoms with E-state index in [9.17, 15) is 9.59 Å². The fourth-order valence-electron chi connectivity index (χ4n) is 4.23. The maximum absolute atomic E-state index is 13.0. The Labute approximate surface area is 180 Å². The highest BCUT2D eigenvalue weighted by Gasteiger charge is 2.27. The first kappa shape index (κ1) is 21.0. The number of pyridine rings is 1. The molecule has 1 saturated heterocycles. The van der Waals surface area contributed by atoms with Gasteiger partial charge in [-0.3, -0.25) is 14.2 Å². The van der Waals surface area contributed by atoms with Gasteiger partial charge in [0.1, 0.15) is 11.3 Å². The van der Waals surface area contributed by atoms with Crippen LogP contribution in [0.3, 0.4) is 0 Å². The number of aryl methyl sites for hydroxylation is 3. The van der Waals surface area contributed by atoms with Crippen LogP contribution in [0.5, 0.6) is 0 Å². The lowest BCUT2D eigenvalue weighted by Crippen LogP contribution is -2.43. The molecule has 0 aromatic carbocycles. The number of aromatic nitrogens is 4. The van der Waals surface area contributed by atoms with Crippen LogP contribution in [-0.2, 0) is 17.8 Å². The monoisotopic (exact) mass is 424 g/mol. The van der Waals surface area contributed by atoms with Gasteiger partial charge in [-0.15, -0.1) is 0 Å². The van der Waals surface area contributed by atoms with Gasteiger partial charge in [0, 0.05) is 43.9 Å². The lowest BCUT2D eigenvalue weighted by Gasteiger charge is -2.32. The average Bonchev–Trinajstić information content (AvgIpc) is 3.11. The topological polar surface area (TPSA) is 106 Å². The van der Waals surface area contributed by atoms with E-state index in [-0.39, 0.29) is 17.4 Å². The molecule has 0 saturated carbocycles. The Bertz CT molecular complexity index is 1120. The van der Waals surface area contributed by atoms with Crippen LogP contribution in [0.15, 0.2) is 27.6 Å². The maximum Gasteiger partial charge on any atom is 0.295 e. The second-order valence-electron chi connectivity index (χ2n) is 7.94. The lowest BCUT2D eigenvalue weighted by atomic mass is 9.96. The highest BCUT2D eigenvalue weighted by atomic mass is 16.5.